The van der Waals surface area contributed by atoms with Gasteiger partial charge in [0.1, 0.15) is 0 Å². The number of methoxy groups -OCH3 is 3. The lowest BCUT2D eigenvalue weighted by atomic mass is 9.96. The van der Waals surface area contributed by atoms with E-state index in [0.717, 1.165) is 11.1 Å². The molecule has 0 radical (unpaired) electrons. The van der Waals surface area contributed by atoms with Gasteiger partial charge in [-0.1, -0.05) is 6.07 Å². The maximum absolute atomic E-state index is 13.1. The zero-order chi connectivity index (χ0) is 19.4. The summed E-state index contributed by atoms with van der Waals surface area (Å²) < 4.78 is 16.0. The molecule has 0 unspecified atom stereocenters. The van der Waals surface area contributed by atoms with E-state index in [0.29, 0.717) is 34.1 Å². The summed E-state index contributed by atoms with van der Waals surface area (Å²) in [6.07, 6.45) is 3.40. The maximum atomic E-state index is 13.1. The Kier molecular flexibility index (Phi) is 5.26. The summed E-state index contributed by atoms with van der Waals surface area (Å²) in [5, 5.41) is 0. The van der Waals surface area contributed by atoms with Crippen LogP contribution in [0.3, 0.4) is 0 Å². The van der Waals surface area contributed by atoms with Crippen molar-refractivity contribution >= 4 is 11.5 Å². The minimum Gasteiger partial charge on any atom is -0.493 e. The average Bonchev–Trinajstić information content (AvgIpc) is 2.73. The first-order valence-electron chi connectivity index (χ1n) is 8.23. The lowest BCUT2D eigenvalue weighted by Crippen LogP contribution is -2.07. The van der Waals surface area contributed by atoms with Crippen LogP contribution in [0.2, 0.25) is 0 Å². The summed E-state index contributed by atoms with van der Waals surface area (Å²) >= 11 is 0. The number of hydrogen-bond acceptors (Lipinski definition) is 6. The minimum atomic E-state index is -0.234. The van der Waals surface area contributed by atoms with Crippen molar-refractivity contribution in [2.45, 2.75) is 0 Å². The Labute approximate surface area is 157 Å². The summed E-state index contributed by atoms with van der Waals surface area (Å²) in [7, 11) is 4.52. The molecule has 0 atom stereocenters. The zero-order valence-electron chi connectivity index (χ0n) is 15.4. The number of ketones is 1. The van der Waals surface area contributed by atoms with Crippen LogP contribution in [-0.2, 0) is 0 Å². The van der Waals surface area contributed by atoms with Crippen molar-refractivity contribution in [1.82, 2.24) is 4.98 Å². The Morgan fingerprint density at radius 2 is 1.48 bits per heavy atom. The van der Waals surface area contributed by atoms with Crippen LogP contribution in [0.4, 0.5) is 5.69 Å². The third kappa shape index (κ3) is 3.55. The van der Waals surface area contributed by atoms with Crippen LogP contribution in [0, 0.1) is 0 Å². The molecule has 6 heteroatoms. The van der Waals surface area contributed by atoms with Gasteiger partial charge in [0.25, 0.3) is 0 Å². The monoisotopic (exact) mass is 364 g/mol. The molecular weight excluding hydrogens is 344 g/mol. The van der Waals surface area contributed by atoms with Crippen molar-refractivity contribution in [1.29, 1.82) is 0 Å². The number of hydrogen-bond donors (Lipinski definition) is 1. The second-order valence-electron chi connectivity index (χ2n) is 5.78. The van der Waals surface area contributed by atoms with Crippen LogP contribution in [0.15, 0.2) is 54.9 Å². The standard InChI is InChI=1S/C21H20N2O4/c1-25-18-11-15(12-19(26-2)21(18)27-3)20(24)16-10-14(4-5-17(16)22)13-6-8-23-9-7-13/h4-12H,22H2,1-3H3. The minimum absolute atomic E-state index is 0.234. The number of nitrogens with zero attached hydrogens (tertiary/aromatic N) is 1. The van der Waals surface area contributed by atoms with Crippen LogP contribution in [0.25, 0.3) is 11.1 Å². The van der Waals surface area contributed by atoms with Gasteiger partial charge >= 0.3 is 0 Å². The Morgan fingerprint density at radius 3 is 2.04 bits per heavy atom. The van der Waals surface area contributed by atoms with Crippen molar-refractivity contribution in [2.75, 3.05) is 27.1 Å². The Balaban J connectivity index is 2.08. The molecule has 27 heavy (non-hydrogen) atoms. The maximum Gasteiger partial charge on any atom is 0.203 e. The highest BCUT2D eigenvalue weighted by molar-refractivity contribution is 6.13. The van der Waals surface area contributed by atoms with Crippen molar-refractivity contribution in [3.05, 3.63) is 66.0 Å². The molecule has 0 spiro atoms. The van der Waals surface area contributed by atoms with E-state index in [2.05, 4.69) is 4.98 Å². The van der Waals surface area contributed by atoms with E-state index in [4.69, 9.17) is 19.9 Å². The molecule has 2 N–H and O–H groups in total. The molecule has 6 nitrogen and oxygen atoms in total. The number of ether oxygens (including phenoxy) is 3. The molecule has 3 aromatic rings. The second kappa shape index (κ2) is 7.78. The van der Waals surface area contributed by atoms with Gasteiger partial charge in [0.05, 0.1) is 21.3 Å². The van der Waals surface area contributed by atoms with E-state index in [1.807, 2.05) is 18.2 Å². The smallest absolute Gasteiger partial charge is 0.203 e. The summed E-state index contributed by atoms with van der Waals surface area (Å²) in [6, 6.07) is 12.3. The first kappa shape index (κ1) is 18.3. The number of carbonyl (C=O) groups is 1. The molecule has 138 valence electrons. The molecule has 1 heterocycles. The third-order valence-corrected chi connectivity index (χ3v) is 4.24. The fourth-order valence-corrected chi connectivity index (χ4v) is 2.84. The van der Waals surface area contributed by atoms with E-state index < -0.39 is 0 Å². The van der Waals surface area contributed by atoms with Crippen LogP contribution in [0.5, 0.6) is 17.2 Å². The van der Waals surface area contributed by atoms with E-state index in [1.165, 1.54) is 21.3 Å². The van der Waals surface area contributed by atoms with Gasteiger partial charge < -0.3 is 19.9 Å². The predicted octanol–water partition coefficient (Wildman–Crippen LogP) is 3.59. The van der Waals surface area contributed by atoms with Gasteiger partial charge in [0, 0.05) is 29.2 Å². The van der Waals surface area contributed by atoms with Gasteiger partial charge in [-0.05, 0) is 47.5 Å². The first-order valence-corrected chi connectivity index (χ1v) is 8.23. The van der Waals surface area contributed by atoms with Gasteiger partial charge in [-0.2, -0.15) is 0 Å². The van der Waals surface area contributed by atoms with Crippen LogP contribution in [-0.4, -0.2) is 32.1 Å². The predicted molar refractivity (Wildman–Crippen MR) is 104 cm³/mol. The molecule has 0 aliphatic heterocycles. The molecule has 0 aliphatic carbocycles. The molecule has 2 aromatic carbocycles. The molecule has 0 saturated carbocycles. The lowest BCUT2D eigenvalue weighted by Gasteiger charge is -2.14. The molecular formula is C21H20N2O4. The van der Waals surface area contributed by atoms with E-state index in [1.54, 1.807) is 36.7 Å². The molecule has 1 aromatic heterocycles. The van der Waals surface area contributed by atoms with Gasteiger partial charge in [0.2, 0.25) is 5.75 Å². The molecule has 0 bridgehead atoms. The lowest BCUT2D eigenvalue weighted by molar-refractivity contribution is 0.103. The van der Waals surface area contributed by atoms with E-state index in [-0.39, 0.29) is 5.78 Å². The zero-order valence-corrected chi connectivity index (χ0v) is 15.4. The van der Waals surface area contributed by atoms with Gasteiger partial charge in [-0.15, -0.1) is 0 Å². The Morgan fingerprint density at radius 1 is 0.852 bits per heavy atom. The van der Waals surface area contributed by atoms with Gasteiger partial charge in [-0.3, -0.25) is 9.78 Å². The number of rotatable bonds is 6. The highest BCUT2D eigenvalue weighted by atomic mass is 16.5. The number of nitrogen functional groups attached to an aromatic ring is 1. The third-order valence-electron chi connectivity index (χ3n) is 4.24. The fraction of sp³-hybridized carbons (Fsp3) is 0.143. The summed E-state index contributed by atoms with van der Waals surface area (Å²) in [6.45, 7) is 0. The second-order valence-corrected chi connectivity index (χ2v) is 5.78. The van der Waals surface area contributed by atoms with Crippen molar-refractivity contribution in [3.8, 4) is 28.4 Å². The number of pyridine rings is 1. The number of nitrogens with two attached hydrogens (primary N) is 1. The summed E-state index contributed by atoms with van der Waals surface area (Å²) in [4.78, 5) is 17.2. The van der Waals surface area contributed by atoms with Gasteiger partial charge in [-0.25, -0.2) is 0 Å². The highest BCUT2D eigenvalue weighted by Crippen LogP contribution is 2.39. The van der Waals surface area contributed by atoms with E-state index in [9.17, 15) is 4.79 Å². The Bertz CT molecular complexity index is 946. The van der Waals surface area contributed by atoms with Crippen molar-refractivity contribution < 1.29 is 19.0 Å². The first-order chi connectivity index (χ1) is 13.1. The summed E-state index contributed by atoms with van der Waals surface area (Å²) in [5.74, 6) is 1.01. The Hall–Kier alpha value is -3.54. The normalized spacial score (nSPS) is 10.3. The molecule has 3 rings (SSSR count). The quantitative estimate of drug-likeness (QED) is 0.532. The number of benzene rings is 2. The molecule has 0 saturated heterocycles. The summed E-state index contributed by atoms with van der Waals surface area (Å²) in [5.41, 5.74) is 9.10. The van der Waals surface area contributed by atoms with Crippen LogP contribution < -0.4 is 19.9 Å². The number of carbonyl (C=O) groups excluding carboxylic acids is 1. The average molecular weight is 364 g/mol. The topological polar surface area (TPSA) is 83.7 Å². The van der Waals surface area contributed by atoms with Crippen molar-refractivity contribution in [2.24, 2.45) is 0 Å². The number of anilines is 1. The van der Waals surface area contributed by atoms with Gasteiger partial charge in [0.15, 0.2) is 17.3 Å². The van der Waals surface area contributed by atoms with Crippen molar-refractivity contribution in [3.63, 3.8) is 0 Å². The molecule has 0 aliphatic rings. The van der Waals surface area contributed by atoms with Crippen LogP contribution in [0.1, 0.15) is 15.9 Å². The fourth-order valence-electron chi connectivity index (χ4n) is 2.84. The van der Waals surface area contributed by atoms with Crippen LogP contribution >= 0.6 is 0 Å². The largest absolute Gasteiger partial charge is 0.493 e. The highest BCUT2D eigenvalue weighted by Gasteiger charge is 2.20. The SMILES string of the molecule is COc1cc(C(=O)c2cc(-c3ccncc3)ccc2N)cc(OC)c1OC. The molecule has 0 amide bonds. The molecule has 0 fully saturated rings. The number of aromatic nitrogens is 1. The van der Waals surface area contributed by atoms with E-state index >= 15 is 0 Å².